The Morgan fingerprint density at radius 2 is 2.11 bits per heavy atom. The van der Waals surface area contributed by atoms with Crippen molar-refractivity contribution in [1.82, 2.24) is 9.97 Å². The van der Waals surface area contributed by atoms with Gasteiger partial charge in [-0.05, 0) is 40.5 Å². The molecule has 0 atom stereocenters. The van der Waals surface area contributed by atoms with E-state index in [1.165, 1.54) is 18.5 Å². The van der Waals surface area contributed by atoms with Gasteiger partial charge in [-0.2, -0.15) is 0 Å². The highest BCUT2D eigenvalue weighted by Crippen LogP contribution is 2.18. The molecule has 92 valence electrons. The average molecular weight is 308 g/mol. The van der Waals surface area contributed by atoms with Gasteiger partial charge in [-0.15, -0.1) is 0 Å². The molecule has 0 aliphatic carbocycles. The number of amides is 1. The van der Waals surface area contributed by atoms with E-state index in [0.29, 0.717) is 5.82 Å². The third-order valence-corrected chi connectivity index (χ3v) is 2.70. The summed E-state index contributed by atoms with van der Waals surface area (Å²) in [7, 11) is 0. The van der Waals surface area contributed by atoms with Gasteiger partial charge in [0, 0.05) is 16.9 Å². The molecular formula is C12H10BrN3O2. The van der Waals surface area contributed by atoms with Crippen molar-refractivity contribution in [2.45, 2.75) is 6.92 Å². The van der Waals surface area contributed by atoms with Crippen LogP contribution in [-0.2, 0) is 0 Å². The van der Waals surface area contributed by atoms with Crippen LogP contribution < -0.4 is 5.32 Å². The fourth-order valence-corrected chi connectivity index (χ4v) is 1.85. The summed E-state index contributed by atoms with van der Waals surface area (Å²) in [5.41, 5.74) is 1.12. The molecular weight excluding hydrogens is 298 g/mol. The number of hydrogen-bond acceptors (Lipinski definition) is 4. The second-order valence-corrected chi connectivity index (χ2v) is 4.62. The zero-order valence-electron chi connectivity index (χ0n) is 9.51. The number of nitrogens with one attached hydrogen (secondary N) is 1. The maximum Gasteiger partial charge on any atom is 0.258 e. The SMILES string of the molecule is Cc1cc(Br)cnc1NC(=O)c1cncc(O)c1. The highest BCUT2D eigenvalue weighted by molar-refractivity contribution is 9.10. The van der Waals surface area contributed by atoms with Gasteiger partial charge in [0.05, 0.1) is 11.8 Å². The predicted octanol–water partition coefficient (Wildman–Crippen LogP) is 2.51. The fourth-order valence-electron chi connectivity index (χ4n) is 1.40. The van der Waals surface area contributed by atoms with E-state index in [0.717, 1.165) is 10.0 Å². The van der Waals surface area contributed by atoms with Crippen LogP contribution in [0.1, 0.15) is 15.9 Å². The van der Waals surface area contributed by atoms with E-state index < -0.39 is 0 Å². The van der Waals surface area contributed by atoms with Crippen LogP contribution >= 0.6 is 15.9 Å². The molecule has 0 unspecified atom stereocenters. The number of halogens is 1. The molecule has 1 amide bonds. The third kappa shape index (κ3) is 2.84. The summed E-state index contributed by atoms with van der Waals surface area (Å²) in [5, 5.41) is 11.9. The number of aromatic hydroxyl groups is 1. The average Bonchev–Trinajstić information content (AvgIpc) is 2.32. The first kappa shape index (κ1) is 12.5. The molecule has 0 fully saturated rings. The number of nitrogens with zero attached hydrogens (tertiary/aromatic N) is 2. The lowest BCUT2D eigenvalue weighted by atomic mass is 10.2. The summed E-state index contributed by atoms with van der Waals surface area (Å²) < 4.78 is 0.844. The lowest BCUT2D eigenvalue weighted by Crippen LogP contribution is -2.14. The molecule has 0 spiro atoms. The third-order valence-electron chi connectivity index (χ3n) is 2.26. The molecule has 0 bridgehead atoms. The molecule has 6 heteroatoms. The number of aryl methyl sites for hydroxylation is 1. The lowest BCUT2D eigenvalue weighted by molar-refractivity contribution is 0.102. The van der Waals surface area contributed by atoms with Crippen LogP contribution in [0.25, 0.3) is 0 Å². The summed E-state index contributed by atoms with van der Waals surface area (Å²) >= 11 is 3.30. The van der Waals surface area contributed by atoms with Crippen molar-refractivity contribution in [3.05, 3.63) is 46.3 Å². The summed E-state index contributed by atoms with van der Waals surface area (Å²) in [5.74, 6) is 0.0611. The van der Waals surface area contributed by atoms with Crippen LogP contribution in [0.2, 0.25) is 0 Å². The van der Waals surface area contributed by atoms with Gasteiger partial charge in [0.2, 0.25) is 0 Å². The van der Waals surface area contributed by atoms with Crippen LogP contribution in [0.3, 0.4) is 0 Å². The fraction of sp³-hybridized carbons (Fsp3) is 0.0833. The van der Waals surface area contributed by atoms with E-state index in [9.17, 15) is 9.90 Å². The molecule has 2 aromatic heterocycles. The monoisotopic (exact) mass is 307 g/mol. The summed E-state index contributed by atoms with van der Waals surface area (Å²) in [6, 6.07) is 3.19. The van der Waals surface area contributed by atoms with E-state index in [1.54, 1.807) is 6.20 Å². The van der Waals surface area contributed by atoms with Crippen molar-refractivity contribution < 1.29 is 9.90 Å². The van der Waals surface area contributed by atoms with E-state index >= 15 is 0 Å². The minimum atomic E-state index is -0.365. The molecule has 2 rings (SSSR count). The van der Waals surface area contributed by atoms with Crippen LogP contribution in [0, 0.1) is 6.92 Å². The first-order valence-electron chi connectivity index (χ1n) is 5.14. The number of carbonyl (C=O) groups excluding carboxylic acids is 1. The molecule has 2 N–H and O–H groups in total. The molecule has 0 saturated carbocycles. The van der Waals surface area contributed by atoms with Crippen LogP contribution in [0.4, 0.5) is 5.82 Å². The van der Waals surface area contributed by atoms with Crippen molar-refractivity contribution in [3.8, 4) is 5.75 Å². The summed E-state index contributed by atoms with van der Waals surface area (Å²) in [4.78, 5) is 19.7. The standard InChI is InChI=1S/C12H10BrN3O2/c1-7-2-9(13)5-15-11(7)16-12(18)8-3-10(17)6-14-4-8/h2-6,17H,1H3,(H,15,16,18). The van der Waals surface area contributed by atoms with Gasteiger partial charge < -0.3 is 10.4 Å². The Bertz CT molecular complexity index is 602. The van der Waals surface area contributed by atoms with E-state index in [4.69, 9.17) is 0 Å². The smallest absolute Gasteiger partial charge is 0.258 e. The zero-order valence-corrected chi connectivity index (χ0v) is 11.1. The molecule has 18 heavy (non-hydrogen) atoms. The highest BCUT2D eigenvalue weighted by Gasteiger charge is 2.09. The van der Waals surface area contributed by atoms with Crippen molar-refractivity contribution in [2.24, 2.45) is 0 Å². The molecule has 0 radical (unpaired) electrons. The van der Waals surface area contributed by atoms with Crippen molar-refractivity contribution >= 4 is 27.7 Å². The Labute approximate surface area is 112 Å². The molecule has 5 nitrogen and oxygen atoms in total. The molecule has 0 saturated heterocycles. The van der Waals surface area contributed by atoms with Crippen LogP contribution in [-0.4, -0.2) is 21.0 Å². The topological polar surface area (TPSA) is 75.1 Å². The Morgan fingerprint density at radius 1 is 1.33 bits per heavy atom. The second-order valence-electron chi connectivity index (χ2n) is 3.70. The van der Waals surface area contributed by atoms with Crippen molar-refractivity contribution in [2.75, 3.05) is 5.32 Å². The van der Waals surface area contributed by atoms with Gasteiger partial charge in [-0.3, -0.25) is 9.78 Å². The number of rotatable bonds is 2. The Kier molecular flexibility index (Phi) is 3.57. The van der Waals surface area contributed by atoms with Crippen LogP contribution in [0.15, 0.2) is 35.2 Å². The van der Waals surface area contributed by atoms with Gasteiger partial charge in [-0.1, -0.05) is 0 Å². The molecule has 2 aromatic rings. The highest BCUT2D eigenvalue weighted by atomic mass is 79.9. The molecule has 0 aliphatic rings. The lowest BCUT2D eigenvalue weighted by Gasteiger charge is -2.07. The minimum absolute atomic E-state index is 0.0527. The normalized spacial score (nSPS) is 10.1. The zero-order chi connectivity index (χ0) is 13.1. The molecule has 0 aliphatic heterocycles. The first-order valence-corrected chi connectivity index (χ1v) is 5.93. The minimum Gasteiger partial charge on any atom is -0.506 e. The second kappa shape index (κ2) is 5.14. The van der Waals surface area contributed by atoms with Gasteiger partial charge in [-0.25, -0.2) is 4.98 Å². The molecule has 2 heterocycles. The first-order chi connectivity index (χ1) is 8.56. The van der Waals surface area contributed by atoms with Gasteiger partial charge in [0.1, 0.15) is 11.6 Å². The summed E-state index contributed by atoms with van der Waals surface area (Å²) in [6.45, 7) is 1.84. The quantitative estimate of drug-likeness (QED) is 0.894. The Hall–Kier alpha value is -1.95. The largest absolute Gasteiger partial charge is 0.506 e. The van der Waals surface area contributed by atoms with E-state index in [-0.39, 0.29) is 17.2 Å². The van der Waals surface area contributed by atoms with Gasteiger partial charge in [0.15, 0.2) is 0 Å². The number of aromatic nitrogens is 2. The van der Waals surface area contributed by atoms with Gasteiger partial charge >= 0.3 is 0 Å². The number of pyridine rings is 2. The van der Waals surface area contributed by atoms with Crippen molar-refractivity contribution in [1.29, 1.82) is 0 Å². The van der Waals surface area contributed by atoms with E-state index in [2.05, 4.69) is 31.2 Å². The maximum atomic E-state index is 11.9. The predicted molar refractivity (Wildman–Crippen MR) is 70.5 cm³/mol. The Morgan fingerprint density at radius 3 is 2.78 bits per heavy atom. The summed E-state index contributed by atoms with van der Waals surface area (Å²) in [6.07, 6.45) is 4.24. The van der Waals surface area contributed by atoms with Crippen molar-refractivity contribution in [3.63, 3.8) is 0 Å². The molecule has 0 aromatic carbocycles. The maximum absolute atomic E-state index is 11.9. The number of carbonyl (C=O) groups is 1. The van der Waals surface area contributed by atoms with Crippen LogP contribution in [0.5, 0.6) is 5.75 Å². The van der Waals surface area contributed by atoms with E-state index in [1.807, 2.05) is 13.0 Å². The number of anilines is 1. The Balaban J connectivity index is 2.21. The van der Waals surface area contributed by atoms with Gasteiger partial charge in [0.25, 0.3) is 5.91 Å². The number of hydrogen-bond donors (Lipinski definition) is 2.